The van der Waals surface area contributed by atoms with Crippen molar-refractivity contribution in [2.45, 2.75) is 24.0 Å². The van der Waals surface area contributed by atoms with E-state index < -0.39 is 11.2 Å². The van der Waals surface area contributed by atoms with Crippen molar-refractivity contribution in [2.24, 2.45) is 0 Å². The van der Waals surface area contributed by atoms with Crippen molar-refractivity contribution in [1.29, 1.82) is 0 Å². The molecule has 0 N–H and O–H groups in total. The van der Waals surface area contributed by atoms with E-state index in [1.807, 2.05) is 0 Å². The molecule has 4 aromatic rings. The second-order valence-electron chi connectivity index (χ2n) is 12.1. The van der Waals surface area contributed by atoms with E-state index in [0.29, 0.717) is 0 Å². The van der Waals surface area contributed by atoms with E-state index in [4.69, 9.17) is 9.78 Å². The Balaban J connectivity index is 1.60. The Morgan fingerprint density at radius 2 is 0.548 bits per heavy atom. The number of hydrogen-bond donors (Lipinski definition) is 0. The van der Waals surface area contributed by atoms with Crippen molar-refractivity contribution in [3.8, 4) is 0 Å². The summed E-state index contributed by atoms with van der Waals surface area (Å²) in [4.78, 5) is 22.0. The maximum Gasteiger partial charge on any atom is 0.154 e. The summed E-state index contributed by atoms with van der Waals surface area (Å²) < 4.78 is 0. The fourth-order valence-electron chi connectivity index (χ4n) is 5.80. The first kappa shape index (κ1) is 29.5. The van der Waals surface area contributed by atoms with Gasteiger partial charge in [0.25, 0.3) is 0 Å². The van der Waals surface area contributed by atoms with Gasteiger partial charge in [-0.15, -0.1) is 0 Å². The standard InChI is InChI=1S/C36H44N4O2/c1-37(2)31-17-9-27(10-18-31)35(28-11-19-32(20-12-28)38(3)4)25-26-36(42-41-35,29-13-21-33(22-14-29)39(5)6)30-15-23-34(24-16-30)40(7)8/h9-24H,25-26H2,1-8H3. The molecule has 1 fully saturated rings. The molecule has 1 aliphatic heterocycles. The Kier molecular flexibility index (Phi) is 8.22. The lowest BCUT2D eigenvalue weighted by atomic mass is 9.74. The Hall–Kier alpha value is -4.00. The smallest absolute Gasteiger partial charge is 0.154 e. The third kappa shape index (κ3) is 5.44. The van der Waals surface area contributed by atoms with Gasteiger partial charge in [-0.3, -0.25) is 0 Å². The zero-order valence-corrected chi connectivity index (χ0v) is 26.3. The van der Waals surface area contributed by atoms with Crippen molar-refractivity contribution >= 4 is 22.7 Å². The Morgan fingerprint density at radius 3 is 0.690 bits per heavy atom. The summed E-state index contributed by atoms with van der Waals surface area (Å²) in [6.07, 6.45) is 1.47. The molecule has 0 unspecified atom stereocenters. The molecule has 0 atom stereocenters. The highest BCUT2D eigenvalue weighted by molar-refractivity contribution is 5.54. The summed E-state index contributed by atoms with van der Waals surface area (Å²) in [6, 6.07) is 34.6. The second kappa shape index (κ2) is 11.7. The van der Waals surface area contributed by atoms with Gasteiger partial charge in [0.05, 0.1) is 0 Å². The number of benzene rings is 4. The van der Waals surface area contributed by atoms with Crippen LogP contribution in [0.3, 0.4) is 0 Å². The topological polar surface area (TPSA) is 31.4 Å². The molecule has 1 heterocycles. The van der Waals surface area contributed by atoms with E-state index in [2.05, 4.69) is 173 Å². The second-order valence-corrected chi connectivity index (χ2v) is 12.1. The third-order valence-electron chi connectivity index (χ3n) is 8.56. The highest BCUT2D eigenvalue weighted by Crippen LogP contribution is 2.51. The molecule has 6 nitrogen and oxygen atoms in total. The molecule has 1 aliphatic rings. The molecule has 42 heavy (non-hydrogen) atoms. The monoisotopic (exact) mass is 564 g/mol. The fraction of sp³-hybridized carbons (Fsp3) is 0.333. The van der Waals surface area contributed by atoms with E-state index in [9.17, 15) is 0 Å². The van der Waals surface area contributed by atoms with Gasteiger partial charge >= 0.3 is 0 Å². The average Bonchev–Trinajstić information content (AvgIpc) is 3.01. The van der Waals surface area contributed by atoms with Crippen molar-refractivity contribution < 1.29 is 9.78 Å². The van der Waals surface area contributed by atoms with Crippen LogP contribution in [0.4, 0.5) is 22.7 Å². The molecule has 220 valence electrons. The van der Waals surface area contributed by atoms with Gasteiger partial charge in [0.15, 0.2) is 11.2 Å². The Bertz CT molecular complexity index is 1230. The number of hydrogen-bond acceptors (Lipinski definition) is 6. The zero-order valence-electron chi connectivity index (χ0n) is 26.3. The molecule has 0 aliphatic carbocycles. The van der Waals surface area contributed by atoms with E-state index in [-0.39, 0.29) is 0 Å². The minimum Gasteiger partial charge on any atom is -0.378 e. The van der Waals surface area contributed by atoms with Crippen LogP contribution >= 0.6 is 0 Å². The van der Waals surface area contributed by atoms with Crippen molar-refractivity contribution in [1.82, 2.24) is 0 Å². The van der Waals surface area contributed by atoms with E-state index in [1.165, 1.54) is 0 Å². The van der Waals surface area contributed by atoms with E-state index in [0.717, 1.165) is 57.8 Å². The largest absolute Gasteiger partial charge is 0.378 e. The molecule has 4 aromatic carbocycles. The first-order chi connectivity index (χ1) is 20.1. The molecule has 1 saturated heterocycles. The number of nitrogens with zero attached hydrogens (tertiary/aromatic N) is 4. The summed E-state index contributed by atoms with van der Waals surface area (Å²) in [5, 5.41) is 0. The molecule has 0 saturated carbocycles. The minimum absolute atomic E-state index is 0.737. The highest BCUT2D eigenvalue weighted by atomic mass is 17.2. The van der Waals surface area contributed by atoms with Gasteiger partial charge in [-0.1, -0.05) is 48.5 Å². The van der Waals surface area contributed by atoms with Crippen molar-refractivity contribution in [3.05, 3.63) is 119 Å². The lowest BCUT2D eigenvalue weighted by Gasteiger charge is -2.46. The van der Waals surface area contributed by atoms with Gasteiger partial charge in [0.2, 0.25) is 0 Å². The minimum atomic E-state index is -0.758. The molecule has 6 heteroatoms. The SMILES string of the molecule is CN(C)c1ccc(C2(c3ccc(N(C)C)cc3)CCC(c3ccc(N(C)C)cc3)(c3ccc(N(C)C)cc3)OO2)cc1. The molecule has 5 rings (SSSR count). The number of rotatable bonds is 8. The molecular formula is C36H44N4O2. The average molecular weight is 565 g/mol. The summed E-state index contributed by atoms with van der Waals surface area (Å²) >= 11 is 0. The summed E-state index contributed by atoms with van der Waals surface area (Å²) in [6.45, 7) is 0. The zero-order chi connectivity index (χ0) is 30.1. The first-order valence-corrected chi connectivity index (χ1v) is 14.5. The summed E-state index contributed by atoms with van der Waals surface area (Å²) in [5.74, 6) is 0. The maximum atomic E-state index is 6.77. The van der Waals surface area contributed by atoms with Gasteiger partial charge < -0.3 is 19.6 Å². The van der Waals surface area contributed by atoms with Crippen LogP contribution in [0.5, 0.6) is 0 Å². The first-order valence-electron chi connectivity index (χ1n) is 14.5. The van der Waals surface area contributed by atoms with Crippen LogP contribution in [0, 0.1) is 0 Å². The Labute approximate surface area is 251 Å². The Morgan fingerprint density at radius 1 is 0.357 bits per heavy atom. The van der Waals surface area contributed by atoms with Gasteiger partial charge in [-0.25, -0.2) is 9.78 Å². The van der Waals surface area contributed by atoms with Gasteiger partial charge in [0.1, 0.15) is 0 Å². The van der Waals surface area contributed by atoms with Crippen LogP contribution < -0.4 is 19.6 Å². The van der Waals surface area contributed by atoms with Gasteiger partial charge in [0, 0.05) is 79.1 Å². The fourth-order valence-corrected chi connectivity index (χ4v) is 5.80. The van der Waals surface area contributed by atoms with E-state index in [1.54, 1.807) is 0 Å². The quantitative estimate of drug-likeness (QED) is 0.217. The molecule has 0 aromatic heterocycles. The lowest BCUT2D eigenvalue weighted by Crippen LogP contribution is -2.45. The van der Waals surface area contributed by atoms with Crippen LogP contribution in [-0.2, 0) is 21.0 Å². The number of anilines is 4. The van der Waals surface area contributed by atoms with Crippen LogP contribution in [0.1, 0.15) is 35.1 Å². The lowest BCUT2D eigenvalue weighted by molar-refractivity contribution is -0.432. The molecule has 0 amide bonds. The van der Waals surface area contributed by atoms with Crippen molar-refractivity contribution in [2.75, 3.05) is 76.0 Å². The van der Waals surface area contributed by atoms with Crippen molar-refractivity contribution in [3.63, 3.8) is 0 Å². The van der Waals surface area contributed by atoms with Crippen LogP contribution in [0.2, 0.25) is 0 Å². The highest BCUT2D eigenvalue weighted by Gasteiger charge is 2.50. The molecule has 0 bridgehead atoms. The molecular weight excluding hydrogens is 520 g/mol. The summed E-state index contributed by atoms with van der Waals surface area (Å²) in [7, 11) is 16.5. The van der Waals surface area contributed by atoms with Crippen LogP contribution in [0.25, 0.3) is 0 Å². The van der Waals surface area contributed by atoms with Crippen LogP contribution in [0.15, 0.2) is 97.1 Å². The normalized spacial score (nSPS) is 15.6. The van der Waals surface area contributed by atoms with Gasteiger partial charge in [-0.05, 0) is 83.6 Å². The van der Waals surface area contributed by atoms with Gasteiger partial charge in [-0.2, -0.15) is 0 Å². The van der Waals surface area contributed by atoms with E-state index >= 15 is 0 Å². The predicted octanol–water partition coefficient (Wildman–Crippen LogP) is 6.88. The molecule has 0 radical (unpaired) electrons. The molecule has 0 spiro atoms. The van der Waals surface area contributed by atoms with Crippen LogP contribution in [-0.4, -0.2) is 56.4 Å². The summed E-state index contributed by atoms with van der Waals surface area (Å²) in [5.41, 5.74) is 7.36. The maximum absolute atomic E-state index is 6.77. The predicted molar refractivity (Wildman–Crippen MR) is 176 cm³/mol. The third-order valence-corrected chi connectivity index (χ3v) is 8.56.